The number of rotatable bonds is 6. The Hall–Kier alpha value is -4.42. The van der Waals surface area contributed by atoms with Gasteiger partial charge in [0.2, 0.25) is 0 Å². The number of aliphatic hydroxyl groups is 1. The number of esters is 1. The number of benzene rings is 3. The highest BCUT2D eigenvalue weighted by Crippen LogP contribution is 2.35. The van der Waals surface area contributed by atoms with Crippen LogP contribution < -0.4 is 0 Å². The van der Waals surface area contributed by atoms with Gasteiger partial charge in [0.15, 0.2) is 0 Å². The van der Waals surface area contributed by atoms with Crippen molar-refractivity contribution in [2.45, 2.75) is 19.9 Å². The molecule has 0 aliphatic carbocycles. The van der Waals surface area contributed by atoms with Crippen LogP contribution in [0.25, 0.3) is 38.6 Å². The highest BCUT2D eigenvalue weighted by Gasteiger charge is 2.24. The Labute approximate surface area is 214 Å². The van der Waals surface area contributed by atoms with Crippen molar-refractivity contribution in [1.82, 2.24) is 14.0 Å². The number of aromatic nitrogens is 3. The summed E-state index contributed by atoms with van der Waals surface area (Å²) in [5.41, 5.74) is 7.25. The molecule has 0 fully saturated rings. The SMILES string of the molecule is COC(=O)c1c(-c2nc3ccccn3c2Cc2cn(CCO)c3cccc(C)c23)ccc2ccccc12. The Morgan fingerprint density at radius 1 is 1.00 bits per heavy atom. The minimum Gasteiger partial charge on any atom is -0.465 e. The van der Waals surface area contributed by atoms with Crippen molar-refractivity contribution in [2.24, 2.45) is 0 Å². The molecule has 6 heteroatoms. The van der Waals surface area contributed by atoms with Crippen LogP contribution >= 0.6 is 0 Å². The highest BCUT2D eigenvalue weighted by atomic mass is 16.5. The first-order valence-corrected chi connectivity index (χ1v) is 12.3. The molecule has 0 spiro atoms. The summed E-state index contributed by atoms with van der Waals surface area (Å²) in [5.74, 6) is -0.384. The number of hydrogen-bond donors (Lipinski definition) is 1. The first-order chi connectivity index (χ1) is 18.1. The number of hydrogen-bond acceptors (Lipinski definition) is 4. The zero-order valence-electron chi connectivity index (χ0n) is 20.8. The molecular formula is C31H27N3O3. The van der Waals surface area contributed by atoms with Gasteiger partial charge in [0.25, 0.3) is 0 Å². The Balaban J connectivity index is 1.62. The van der Waals surface area contributed by atoms with Gasteiger partial charge in [0.1, 0.15) is 5.65 Å². The maximum absolute atomic E-state index is 13.1. The Morgan fingerprint density at radius 3 is 2.68 bits per heavy atom. The number of aliphatic hydroxyl groups excluding tert-OH is 1. The van der Waals surface area contributed by atoms with Gasteiger partial charge in [-0.25, -0.2) is 9.78 Å². The predicted molar refractivity (Wildman–Crippen MR) is 146 cm³/mol. The van der Waals surface area contributed by atoms with E-state index in [9.17, 15) is 9.90 Å². The van der Waals surface area contributed by atoms with Crippen LogP contribution in [0.15, 0.2) is 85.2 Å². The van der Waals surface area contributed by atoms with E-state index < -0.39 is 0 Å². The maximum Gasteiger partial charge on any atom is 0.339 e. The van der Waals surface area contributed by atoms with Gasteiger partial charge in [-0.1, -0.05) is 54.6 Å². The summed E-state index contributed by atoms with van der Waals surface area (Å²) in [6.07, 6.45) is 4.75. The van der Waals surface area contributed by atoms with E-state index >= 15 is 0 Å². The zero-order chi connectivity index (χ0) is 25.5. The molecule has 0 atom stereocenters. The van der Waals surface area contributed by atoms with E-state index in [1.165, 1.54) is 18.1 Å². The van der Waals surface area contributed by atoms with E-state index in [-0.39, 0.29) is 12.6 Å². The summed E-state index contributed by atoms with van der Waals surface area (Å²) in [6, 6.07) is 24.0. The number of fused-ring (bicyclic) bond motifs is 3. The lowest BCUT2D eigenvalue weighted by Crippen LogP contribution is -2.06. The second-order valence-corrected chi connectivity index (χ2v) is 9.25. The lowest BCUT2D eigenvalue weighted by Gasteiger charge is -2.12. The summed E-state index contributed by atoms with van der Waals surface area (Å²) in [6.45, 7) is 2.71. The Kier molecular flexibility index (Phi) is 5.74. The smallest absolute Gasteiger partial charge is 0.339 e. The number of carbonyl (C=O) groups is 1. The van der Waals surface area contributed by atoms with Crippen LogP contribution in [0.3, 0.4) is 0 Å². The molecule has 0 saturated heterocycles. The monoisotopic (exact) mass is 489 g/mol. The van der Waals surface area contributed by atoms with Crippen molar-refractivity contribution in [3.05, 3.63) is 108 Å². The summed E-state index contributed by atoms with van der Waals surface area (Å²) < 4.78 is 9.45. The Morgan fingerprint density at radius 2 is 1.84 bits per heavy atom. The van der Waals surface area contributed by atoms with Gasteiger partial charge in [-0.15, -0.1) is 0 Å². The van der Waals surface area contributed by atoms with Crippen molar-refractivity contribution in [3.8, 4) is 11.3 Å². The topological polar surface area (TPSA) is 68.8 Å². The van der Waals surface area contributed by atoms with Crippen molar-refractivity contribution in [3.63, 3.8) is 0 Å². The van der Waals surface area contributed by atoms with Crippen LogP contribution in [0.2, 0.25) is 0 Å². The van der Waals surface area contributed by atoms with Crippen LogP contribution in [-0.2, 0) is 17.7 Å². The third kappa shape index (κ3) is 3.77. The van der Waals surface area contributed by atoms with E-state index in [2.05, 4.69) is 34.2 Å². The lowest BCUT2D eigenvalue weighted by atomic mass is 9.94. The zero-order valence-corrected chi connectivity index (χ0v) is 20.8. The molecule has 1 N–H and O–H groups in total. The number of pyridine rings is 1. The van der Waals surface area contributed by atoms with Crippen LogP contribution in [-0.4, -0.2) is 38.7 Å². The lowest BCUT2D eigenvalue weighted by molar-refractivity contribution is 0.0604. The van der Waals surface area contributed by atoms with Crippen LogP contribution in [0.4, 0.5) is 0 Å². The molecule has 3 aromatic heterocycles. The highest BCUT2D eigenvalue weighted by molar-refractivity contribution is 6.10. The number of methoxy groups -OCH3 is 1. The number of nitrogens with zero attached hydrogens (tertiary/aromatic N) is 3. The Bertz CT molecular complexity index is 1790. The largest absolute Gasteiger partial charge is 0.465 e. The summed E-state index contributed by atoms with van der Waals surface area (Å²) in [4.78, 5) is 18.1. The van der Waals surface area contributed by atoms with Gasteiger partial charge in [-0.05, 0) is 47.0 Å². The molecule has 0 aliphatic heterocycles. The van der Waals surface area contributed by atoms with E-state index in [1.54, 1.807) is 0 Å². The molecule has 0 saturated carbocycles. The van der Waals surface area contributed by atoms with Crippen LogP contribution in [0.5, 0.6) is 0 Å². The standard InChI is InChI=1S/C31H27N3O3/c1-20-8-7-11-25-28(20)22(19-33(25)16-17-35)18-26-30(32-27-12-5-6-15-34(26)27)24-14-13-21-9-3-4-10-23(21)29(24)31(36)37-2/h3-15,19,35H,16-18H2,1-2H3. The van der Waals surface area contributed by atoms with Crippen molar-refractivity contribution in [2.75, 3.05) is 13.7 Å². The first-order valence-electron chi connectivity index (χ1n) is 12.3. The quantitative estimate of drug-likeness (QED) is 0.301. The summed E-state index contributed by atoms with van der Waals surface area (Å²) in [5, 5.41) is 12.7. The van der Waals surface area contributed by atoms with E-state index in [0.717, 1.165) is 44.5 Å². The van der Waals surface area contributed by atoms with Gasteiger partial charge in [-0.3, -0.25) is 0 Å². The average Bonchev–Trinajstić information content (AvgIpc) is 3.47. The molecule has 37 heavy (non-hydrogen) atoms. The third-order valence-corrected chi connectivity index (χ3v) is 7.09. The molecule has 0 amide bonds. The molecule has 3 heterocycles. The van der Waals surface area contributed by atoms with E-state index in [1.807, 2.05) is 66.9 Å². The van der Waals surface area contributed by atoms with Crippen molar-refractivity contribution < 1.29 is 14.6 Å². The second kappa shape index (κ2) is 9.22. The number of aryl methyl sites for hydroxylation is 1. The minimum atomic E-state index is -0.384. The van der Waals surface area contributed by atoms with Gasteiger partial charge in [0.05, 0.1) is 30.7 Å². The molecule has 0 radical (unpaired) electrons. The number of ether oxygens (including phenoxy) is 1. The van der Waals surface area contributed by atoms with E-state index in [0.29, 0.717) is 18.5 Å². The fraction of sp³-hybridized carbons (Fsp3) is 0.161. The first kappa shape index (κ1) is 23.0. The number of imidazole rings is 1. The van der Waals surface area contributed by atoms with Crippen molar-refractivity contribution in [1.29, 1.82) is 0 Å². The van der Waals surface area contributed by atoms with Gasteiger partial charge in [-0.2, -0.15) is 0 Å². The molecule has 3 aromatic carbocycles. The number of carbonyl (C=O) groups excluding carboxylic acids is 1. The molecule has 0 bridgehead atoms. The molecular weight excluding hydrogens is 462 g/mol. The molecule has 6 rings (SSSR count). The fourth-order valence-corrected chi connectivity index (χ4v) is 5.46. The third-order valence-electron chi connectivity index (χ3n) is 7.09. The molecule has 184 valence electrons. The summed E-state index contributed by atoms with van der Waals surface area (Å²) >= 11 is 0. The predicted octanol–water partition coefficient (Wildman–Crippen LogP) is 5.79. The molecule has 0 aliphatic rings. The van der Waals surface area contributed by atoms with Gasteiger partial charge in [0, 0.05) is 41.8 Å². The average molecular weight is 490 g/mol. The normalized spacial score (nSPS) is 11.5. The van der Waals surface area contributed by atoms with Crippen LogP contribution in [0, 0.1) is 6.92 Å². The van der Waals surface area contributed by atoms with Gasteiger partial charge < -0.3 is 18.8 Å². The second-order valence-electron chi connectivity index (χ2n) is 9.25. The molecule has 6 aromatic rings. The van der Waals surface area contributed by atoms with Gasteiger partial charge >= 0.3 is 5.97 Å². The summed E-state index contributed by atoms with van der Waals surface area (Å²) in [7, 11) is 1.41. The molecule has 6 nitrogen and oxygen atoms in total. The van der Waals surface area contributed by atoms with E-state index in [4.69, 9.17) is 9.72 Å². The van der Waals surface area contributed by atoms with Crippen LogP contribution in [0.1, 0.15) is 27.2 Å². The maximum atomic E-state index is 13.1. The van der Waals surface area contributed by atoms with Crippen molar-refractivity contribution >= 4 is 33.3 Å². The molecule has 0 unspecified atom stereocenters. The minimum absolute atomic E-state index is 0.0671. The fourth-order valence-electron chi connectivity index (χ4n) is 5.46.